The lowest BCUT2D eigenvalue weighted by Gasteiger charge is -2.28. The molecule has 0 saturated carbocycles. The van der Waals surface area contributed by atoms with E-state index in [4.69, 9.17) is 5.73 Å². The monoisotopic (exact) mass is 199 g/mol. The number of amides is 1. The van der Waals surface area contributed by atoms with Gasteiger partial charge in [-0.3, -0.25) is 9.69 Å². The van der Waals surface area contributed by atoms with Crippen LogP contribution < -0.4 is 5.73 Å². The van der Waals surface area contributed by atoms with Gasteiger partial charge in [0.05, 0.1) is 6.04 Å². The third-order valence-electron chi connectivity index (χ3n) is 3.24. The fourth-order valence-corrected chi connectivity index (χ4v) is 1.92. The summed E-state index contributed by atoms with van der Waals surface area (Å²) in [6.45, 7) is 3.96. The highest BCUT2D eigenvalue weighted by Crippen LogP contribution is 2.15. The maximum atomic E-state index is 11.0. The van der Waals surface area contributed by atoms with Crippen LogP contribution in [-0.2, 0) is 4.79 Å². The summed E-state index contributed by atoms with van der Waals surface area (Å²) in [5, 5.41) is 0. The summed E-state index contributed by atoms with van der Waals surface area (Å²) in [5.74, 6) is -0.242. The summed E-state index contributed by atoms with van der Waals surface area (Å²) < 4.78 is 0. The van der Waals surface area contributed by atoms with Crippen molar-refractivity contribution in [2.45, 2.75) is 31.8 Å². The summed E-state index contributed by atoms with van der Waals surface area (Å²) >= 11 is 0. The highest BCUT2D eigenvalue weighted by molar-refractivity contribution is 5.79. The van der Waals surface area contributed by atoms with Crippen LogP contribution in [0.3, 0.4) is 0 Å². The minimum atomic E-state index is -0.242. The maximum absolute atomic E-state index is 11.0. The zero-order chi connectivity index (χ0) is 10.7. The van der Waals surface area contributed by atoms with Gasteiger partial charge in [-0.1, -0.05) is 0 Å². The predicted octanol–water partition coefficient (Wildman–Crippen LogP) is -0.114. The van der Waals surface area contributed by atoms with Crippen molar-refractivity contribution in [3.05, 3.63) is 0 Å². The lowest BCUT2D eigenvalue weighted by molar-refractivity contribution is -0.122. The van der Waals surface area contributed by atoms with Crippen molar-refractivity contribution in [2.24, 2.45) is 5.73 Å². The standard InChI is InChI=1S/C10H21N3O/c1-8(10(11)14)13(3)7-9-5-4-6-12(9)2/h8-9H,4-7H2,1-3H3,(H2,11,14). The van der Waals surface area contributed by atoms with Crippen LogP contribution in [-0.4, -0.2) is 55.0 Å². The highest BCUT2D eigenvalue weighted by atomic mass is 16.1. The van der Waals surface area contributed by atoms with Crippen molar-refractivity contribution in [3.8, 4) is 0 Å². The fourth-order valence-electron chi connectivity index (χ4n) is 1.92. The molecule has 1 aliphatic heterocycles. The Balaban J connectivity index is 2.39. The molecule has 0 radical (unpaired) electrons. The molecule has 82 valence electrons. The molecule has 1 aliphatic rings. The van der Waals surface area contributed by atoms with E-state index in [0.29, 0.717) is 6.04 Å². The smallest absolute Gasteiger partial charge is 0.234 e. The molecule has 4 heteroatoms. The molecule has 1 heterocycles. The number of nitrogens with zero attached hydrogens (tertiary/aromatic N) is 2. The molecule has 2 unspecified atom stereocenters. The third kappa shape index (κ3) is 2.69. The number of carbonyl (C=O) groups excluding carboxylic acids is 1. The number of primary amides is 1. The van der Waals surface area contributed by atoms with E-state index in [1.54, 1.807) is 0 Å². The third-order valence-corrected chi connectivity index (χ3v) is 3.24. The molecule has 0 aromatic rings. The maximum Gasteiger partial charge on any atom is 0.234 e. The summed E-state index contributed by atoms with van der Waals surface area (Å²) in [7, 11) is 4.10. The molecule has 2 N–H and O–H groups in total. The van der Waals surface area contributed by atoms with Crippen molar-refractivity contribution in [1.82, 2.24) is 9.80 Å². The lowest BCUT2D eigenvalue weighted by atomic mass is 10.2. The van der Waals surface area contributed by atoms with E-state index >= 15 is 0 Å². The highest BCUT2D eigenvalue weighted by Gasteiger charge is 2.24. The number of rotatable bonds is 4. The fraction of sp³-hybridized carbons (Fsp3) is 0.900. The molecule has 14 heavy (non-hydrogen) atoms. The molecule has 0 aliphatic carbocycles. The minimum absolute atomic E-state index is 0.163. The van der Waals surface area contributed by atoms with Gasteiger partial charge in [0.2, 0.25) is 5.91 Å². The first kappa shape index (κ1) is 11.5. The van der Waals surface area contributed by atoms with Gasteiger partial charge in [0.25, 0.3) is 0 Å². The van der Waals surface area contributed by atoms with Crippen LogP contribution in [0.4, 0.5) is 0 Å². The largest absolute Gasteiger partial charge is 0.368 e. The average Bonchev–Trinajstić information content (AvgIpc) is 2.50. The average molecular weight is 199 g/mol. The predicted molar refractivity (Wildman–Crippen MR) is 56.9 cm³/mol. The number of hydrogen-bond acceptors (Lipinski definition) is 3. The number of nitrogens with two attached hydrogens (primary N) is 1. The molecule has 0 aromatic heterocycles. The molecule has 0 bridgehead atoms. The normalized spacial score (nSPS) is 25.6. The topological polar surface area (TPSA) is 49.6 Å². The number of carbonyl (C=O) groups is 1. The summed E-state index contributed by atoms with van der Waals surface area (Å²) in [6.07, 6.45) is 2.49. The molecule has 4 nitrogen and oxygen atoms in total. The van der Waals surface area contributed by atoms with Crippen LogP contribution in [0.5, 0.6) is 0 Å². The first-order valence-electron chi connectivity index (χ1n) is 5.22. The van der Waals surface area contributed by atoms with E-state index in [9.17, 15) is 4.79 Å². The van der Waals surface area contributed by atoms with Crippen LogP contribution in [0.1, 0.15) is 19.8 Å². The Kier molecular flexibility index (Phi) is 3.89. The van der Waals surface area contributed by atoms with Crippen molar-refractivity contribution in [2.75, 3.05) is 27.2 Å². The van der Waals surface area contributed by atoms with Gasteiger partial charge in [0.1, 0.15) is 0 Å². The molecule has 1 saturated heterocycles. The minimum Gasteiger partial charge on any atom is -0.368 e. The molecular formula is C10H21N3O. The molecule has 1 amide bonds. The zero-order valence-electron chi connectivity index (χ0n) is 9.36. The number of hydrogen-bond donors (Lipinski definition) is 1. The van der Waals surface area contributed by atoms with E-state index in [1.807, 2.05) is 18.9 Å². The van der Waals surface area contributed by atoms with Crippen molar-refractivity contribution >= 4 is 5.91 Å². The second-order valence-corrected chi connectivity index (χ2v) is 4.29. The Labute approximate surface area is 86.0 Å². The SMILES string of the molecule is CC(C(N)=O)N(C)CC1CCCN1C. The Morgan fingerprint density at radius 1 is 1.71 bits per heavy atom. The Morgan fingerprint density at radius 2 is 2.36 bits per heavy atom. The van der Waals surface area contributed by atoms with E-state index in [0.717, 1.165) is 6.54 Å². The van der Waals surface area contributed by atoms with Crippen LogP contribution >= 0.6 is 0 Å². The van der Waals surface area contributed by atoms with Crippen molar-refractivity contribution in [1.29, 1.82) is 0 Å². The summed E-state index contributed by atoms with van der Waals surface area (Å²) in [4.78, 5) is 15.4. The van der Waals surface area contributed by atoms with Gasteiger partial charge in [0.15, 0.2) is 0 Å². The number of likely N-dealkylation sites (tertiary alicyclic amines) is 1. The molecule has 0 spiro atoms. The Bertz CT molecular complexity index is 208. The molecule has 1 fully saturated rings. The van der Waals surface area contributed by atoms with E-state index in [2.05, 4.69) is 11.9 Å². The van der Waals surface area contributed by atoms with Gasteiger partial charge >= 0.3 is 0 Å². The van der Waals surface area contributed by atoms with Gasteiger partial charge in [-0.25, -0.2) is 0 Å². The first-order chi connectivity index (χ1) is 6.52. The van der Waals surface area contributed by atoms with Crippen molar-refractivity contribution < 1.29 is 4.79 Å². The van der Waals surface area contributed by atoms with Gasteiger partial charge < -0.3 is 10.6 Å². The summed E-state index contributed by atoms with van der Waals surface area (Å²) in [6, 6.07) is 0.422. The van der Waals surface area contributed by atoms with Crippen molar-refractivity contribution in [3.63, 3.8) is 0 Å². The Morgan fingerprint density at radius 3 is 2.79 bits per heavy atom. The zero-order valence-corrected chi connectivity index (χ0v) is 9.36. The summed E-state index contributed by atoms with van der Waals surface area (Å²) in [5.41, 5.74) is 5.25. The van der Waals surface area contributed by atoms with Gasteiger partial charge in [-0.2, -0.15) is 0 Å². The van der Waals surface area contributed by atoms with Crippen LogP contribution in [0, 0.1) is 0 Å². The van der Waals surface area contributed by atoms with Crippen LogP contribution in [0.25, 0.3) is 0 Å². The van der Waals surface area contributed by atoms with Crippen LogP contribution in [0.15, 0.2) is 0 Å². The van der Waals surface area contributed by atoms with E-state index < -0.39 is 0 Å². The van der Waals surface area contributed by atoms with Gasteiger partial charge in [-0.05, 0) is 40.4 Å². The Hall–Kier alpha value is -0.610. The second kappa shape index (κ2) is 4.75. The van der Waals surface area contributed by atoms with Gasteiger partial charge in [-0.15, -0.1) is 0 Å². The van der Waals surface area contributed by atoms with E-state index in [1.165, 1.54) is 19.4 Å². The first-order valence-corrected chi connectivity index (χ1v) is 5.22. The molecule has 1 rings (SSSR count). The molecule has 0 aromatic carbocycles. The number of likely N-dealkylation sites (N-methyl/N-ethyl adjacent to an activating group) is 2. The quantitative estimate of drug-likeness (QED) is 0.687. The molecular weight excluding hydrogens is 178 g/mol. The second-order valence-electron chi connectivity index (χ2n) is 4.29. The van der Waals surface area contributed by atoms with E-state index in [-0.39, 0.29) is 11.9 Å². The van der Waals surface area contributed by atoms with Gasteiger partial charge in [0, 0.05) is 12.6 Å². The molecule has 2 atom stereocenters. The lowest BCUT2D eigenvalue weighted by Crippen LogP contribution is -2.45. The van der Waals surface area contributed by atoms with Crippen LogP contribution in [0.2, 0.25) is 0 Å².